The number of halogens is 1. The number of nitrogens with one attached hydrogen (secondary N) is 1. The molecule has 0 aliphatic rings. The van der Waals surface area contributed by atoms with E-state index in [0.717, 1.165) is 11.3 Å². The molecular formula is C13H21ClN2O2S2. The molecule has 0 radical (unpaired) electrons. The molecule has 1 aromatic carbocycles. The van der Waals surface area contributed by atoms with Crippen molar-refractivity contribution in [3.63, 3.8) is 0 Å². The Bertz CT molecular complexity index is 549. The van der Waals surface area contributed by atoms with Crippen LogP contribution in [0.25, 0.3) is 0 Å². The highest BCUT2D eigenvalue weighted by molar-refractivity contribution is 7.98. The minimum Gasteiger partial charge on any atom is -0.316 e. The quantitative estimate of drug-likeness (QED) is 0.830. The van der Waals surface area contributed by atoms with Crippen LogP contribution in [0.1, 0.15) is 12.5 Å². The van der Waals surface area contributed by atoms with Gasteiger partial charge in [-0.2, -0.15) is 16.1 Å². The van der Waals surface area contributed by atoms with Crippen LogP contribution >= 0.6 is 23.4 Å². The van der Waals surface area contributed by atoms with Gasteiger partial charge in [-0.3, -0.25) is 0 Å². The Kier molecular flexibility index (Phi) is 6.81. The smallest absolute Gasteiger partial charge is 0.243 e. The fourth-order valence-corrected chi connectivity index (χ4v) is 4.18. The molecule has 0 bridgehead atoms. The lowest BCUT2D eigenvalue weighted by Crippen LogP contribution is -2.36. The third kappa shape index (κ3) is 4.11. The summed E-state index contributed by atoms with van der Waals surface area (Å²) >= 11 is 7.69. The van der Waals surface area contributed by atoms with E-state index < -0.39 is 10.0 Å². The molecule has 0 fully saturated rings. The maximum atomic E-state index is 12.6. The van der Waals surface area contributed by atoms with E-state index in [1.807, 2.05) is 13.2 Å². The van der Waals surface area contributed by atoms with E-state index in [2.05, 4.69) is 5.32 Å². The predicted octanol–water partition coefficient (Wildman–Crippen LogP) is 2.43. The van der Waals surface area contributed by atoms with E-state index in [-0.39, 0.29) is 10.9 Å². The molecule has 1 aromatic rings. The molecule has 0 saturated heterocycles. The molecule has 7 heteroatoms. The molecule has 0 aliphatic heterocycles. The summed E-state index contributed by atoms with van der Waals surface area (Å²) in [5.74, 6) is 0.757. The first kappa shape index (κ1) is 17.8. The Hall–Kier alpha value is -0.270. The zero-order valence-electron chi connectivity index (χ0n) is 12.2. The summed E-state index contributed by atoms with van der Waals surface area (Å²) in [6, 6.07) is 4.77. The van der Waals surface area contributed by atoms with E-state index in [4.69, 9.17) is 11.6 Å². The highest BCUT2D eigenvalue weighted by atomic mass is 35.5. The highest BCUT2D eigenvalue weighted by Gasteiger charge is 2.25. The second-order valence-electron chi connectivity index (χ2n) is 4.61. The summed E-state index contributed by atoms with van der Waals surface area (Å²) in [6.45, 7) is 2.44. The van der Waals surface area contributed by atoms with Gasteiger partial charge >= 0.3 is 0 Å². The fraction of sp³-hybridized carbons (Fsp3) is 0.538. The Morgan fingerprint density at radius 3 is 2.65 bits per heavy atom. The van der Waals surface area contributed by atoms with E-state index in [1.165, 1.54) is 4.31 Å². The lowest BCUT2D eigenvalue weighted by molar-refractivity contribution is 0.415. The highest BCUT2D eigenvalue weighted by Crippen LogP contribution is 2.23. The van der Waals surface area contributed by atoms with Gasteiger partial charge < -0.3 is 5.32 Å². The van der Waals surface area contributed by atoms with Crippen molar-refractivity contribution in [1.82, 2.24) is 9.62 Å². The zero-order valence-corrected chi connectivity index (χ0v) is 14.6. The van der Waals surface area contributed by atoms with Crippen LogP contribution in [0.3, 0.4) is 0 Å². The van der Waals surface area contributed by atoms with Crippen LogP contribution in [0.4, 0.5) is 0 Å². The van der Waals surface area contributed by atoms with Crippen LogP contribution < -0.4 is 5.32 Å². The second kappa shape index (κ2) is 7.66. The van der Waals surface area contributed by atoms with Crippen molar-refractivity contribution < 1.29 is 8.42 Å². The summed E-state index contributed by atoms with van der Waals surface area (Å²) in [6.07, 6.45) is 1.96. The third-order valence-corrected chi connectivity index (χ3v) is 6.24. The fourth-order valence-electron chi connectivity index (χ4n) is 1.79. The van der Waals surface area contributed by atoms with Crippen molar-refractivity contribution in [2.45, 2.75) is 24.4 Å². The van der Waals surface area contributed by atoms with Gasteiger partial charge in [-0.15, -0.1) is 0 Å². The summed E-state index contributed by atoms with van der Waals surface area (Å²) in [4.78, 5) is 0.280. The molecule has 0 spiro atoms. The molecule has 1 atom stereocenters. The number of thioether (sulfide) groups is 1. The van der Waals surface area contributed by atoms with Gasteiger partial charge in [-0.05, 0) is 44.0 Å². The molecule has 0 aromatic heterocycles. The van der Waals surface area contributed by atoms with Crippen molar-refractivity contribution in [2.24, 2.45) is 0 Å². The van der Waals surface area contributed by atoms with E-state index in [0.29, 0.717) is 11.6 Å². The molecular weight excluding hydrogens is 316 g/mol. The Morgan fingerprint density at radius 2 is 2.10 bits per heavy atom. The third-order valence-electron chi connectivity index (χ3n) is 3.09. The molecule has 1 N–H and O–H groups in total. The average molecular weight is 337 g/mol. The predicted molar refractivity (Wildman–Crippen MR) is 87.0 cm³/mol. The van der Waals surface area contributed by atoms with Crippen molar-refractivity contribution in [1.29, 1.82) is 0 Å². The summed E-state index contributed by atoms with van der Waals surface area (Å²) in [5, 5.41) is 3.55. The standard InChI is InChI=1S/C13H21ClN2O2S2/c1-10(9-19-4)16(3)20(17,18)12-5-6-13(14)11(7-12)8-15-2/h5-7,10,15H,8-9H2,1-4H3. The molecule has 0 amide bonds. The van der Waals surface area contributed by atoms with Crippen LogP contribution in [-0.4, -0.2) is 44.9 Å². The normalized spacial score (nSPS) is 13.7. The monoisotopic (exact) mass is 336 g/mol. The lowest BCUT2D eigenvalue weighted by Gasteiger charge is -2.24. The van der Waals surface area contributed by atoms with Gasteiger partial charge in [0.1, 0.15) is 0 Å². The van der Waals surface area contributed by atoms with E-state index >= 15 is 0 Å². The number of benzene rings is 1. The first-order valence-electron chi connectivity index (χ1n) is 6.24. The van der Waals surface area contributed by atoms with Crippen LogP contribution in [0.2, 0.25) is 5.02 Å². The summed E-state index contributed by atoms with van der Waals surface area (Å²) in [5.41, 5.74) is 0.779. The molecule has 1 rings (SSSR count). The lowest BCUT2D eigenvalue weighted by atomic mass is 10.2. The molecule has 1 unspecified atom stereocenters. The van der Waals surface area contributed by atoms with Gasteiger partial charge in [0.15, 0.2) is 0 Å². The Labute approximate surface area is 130 Å². The largest absolute Gasteiger partial charge is 0.316 e. The average Bonchev–Trinajstić information content (AvgIpc) is 2.40. The Morgan fingerprint density at radius 1 is 1.45 bits per heavy atom. The van der Waals surface area contributed by atoms with Gasteiger partial charge in [0, 0.05) is 30.4 Å². The van der Waals surface area contributed by atoms with E-state index in [1.54, 1.807) is 44.1 Å². The second-order valence-corrected chi connectivity index (χ2v) is 7.92. The van der Waals surface area contributed by atoms with Crippen LogP contribution in [0, 0.1) is 0 Å². The maximum Gasteiger partial charge on any atom is 0.243 e. The van der Waals surface area contributed by atoms with Gasteiger partial charge in [0.05, 0.1) is 4.90 Å². The SMILES string of the molecule is CNCc1cc(S(=O)(=O)N(C)C(C)CSC)ccc1Cl. The van der Waals surface area contributed by atoms with Crippen LogP contribution in [-0.2, 0) is 16.6 Å². The number of hydrogen-bond donors (Lipinski definition) is 1. The van der Waals surface area contributed by atoms with Gasteiger partial charge in [-0.1, -0.05) is 11.6 Å². The molecule has 4 nitrogen and oxygen atoms in total. The molecule has 114 valence electrons. The number of nitrogens with zero attached hydrogens (tertiary/aromatic N) is 1. The Balaban J connectivity index is 3.12. The number of rotatable bonds is 7. The summed E-state index contributed by atoms with van der Waals surface area (Å²) in [7, 11) is -0.0749. The zero-order chi connectivity index (χ0) is 15.3. The van der Waals surface area contributed by atoms with Crippen LogP contribution in [0.5, 0.6) is 0 Å². The molecule has 20 heavy (non-hydrogen) atoms. The van der Waals surface area contributed by atoms with Crippen molar-refractivity contribution in [2.75, 3.05) is 26.1 Å². The van der Waals surface area contributed by atoms with Crippen molar-refractivity contribution >= 4 is 33.4 Å². The van der Waals surface area contributed by atoms with Gasteiger partial charge in [0.2, 0.25) is 10.0 Å². The molecule has 0 saturated carbocycles. The van der Waals surface area contributed by atoms with Crippen molar-refractivity contribution in [3.8, 4) is 0 Å². The topological polar surface area (TPSA) is 49.4 Å². The van der Waals surface area contributed by atoms with Crippen molar-refractivity contribution in [3.05, 3.63) is 28.8 Å². The molecule has 0 heterocycles. The number of hydrogen-bond acceptors (Lipinski definition) is 4. The first-order chi connectivity index (χ1) is 9.34. The maximum absolute atomic E-state index is 12.6. The summed E-state index contributed by atoms with van der Waals surface area (Å²) < 4.78 is 26.6. The number of sulfonamides is 1. The minimum atomic E-state index is -3.48. The van der Waals surface area contributed by atoms with Crippen LogP contribution in [0.15, 0.2) is 23.1 Å². The minimum absolute atomic E-state index is 0.0570. The van der Waals surface area contributed by atoms with Gasteiger partial charge in [0.25, 0.3) is 0 Å². The molecule has 0 aliphatic carbocycles. The van der Waals surface area contributed by atoms with E-state index in [9.17, 15) is 8.42 Å². The first-order valence-corrected chi connectivity index (χ1v) is 9.45. The van der Waals surface area contributed by atoms with Gasteiger partial charge in [-0.25, -0.2) is 8.42 Å².